The maximum atomic E-state index is 13.7. The highest BCUT2D eigenvalue weighted by Gasteiger charge is 2.26. The number of thiazole rings is 1. The number of esters is 1. The van der Waals surface area contributed by atoms with Crippen LogP contribution in [0.1, 0.15) is 31.8 Å². The average Bonchev–Trinajstić information content (AvgIpc) is 3.23. The first-order chi connectivity index (χ1) is 15.5. The van der Waals surface area contributed by atoms with E-state index < -0.39 is 5.97 Å². The van der Waals surface area contributed by atoms with Crippen molar-refractivity contribution in [2.24, 2.45) is 0 Å². The second-order valence-corrected chi connectivity index (χ2v) is 8.85. The minimum atomic E-state index is -0.530. The summed E-state index contributed by atoms with van der Waals surface area (Å²) in [6.07, 6.45) is 0. The molecular formula is C24H27N3O4S. The van der Waals surface area contributed by atoms with Crippen LogP contribution in [0.4, 0.5) is 5.13 Å². The number of methoxy groups -OCH3 is 1. The van der Waals surface area contributed by atoms with Gasteiger partial charge in [-0.3, -0.25) is 14.6 Å². The van der Waals surface area contributed by atoms with Crippen LogP contribution in [0.25, 0.3) is 10.2 Å². The molecule has 7 nitrogen and oxygen atoms in total. The van der Waals surface area contributed by atoms with E-state index in [1.54, 1.807) is 29.2 Å². The molecule has 1 saturated heterocycles. The van der Waals surface area contributed by atoms with E-state index >= 15 is 0 Å². The van der Waals surface area contributed by atoms with Crippen molar-refractivity contribution in [2.45, 2.75) is 13.8 Å². The molecule has 1 aliphatic rings. The largest absolute Gasteiger partial charge is 0.465 e. The zero-order chi connectivity index (χ0) is 22.7. The Morgan fingerprint density at radius 3 is 2.59 bits per heavy atom. The summed E-state index contributed by atoms with van der Waals surface area (Å²) in [6, 6.07) is 10.9. The van der Waals surface area contributed by atoms with Gasteiger partial charge in [0, 0.05) is 26.2 Å². The second-order valence-electron chi connectivity index (χ2n) is 7.87. The normalized spacial score (nSPS) is 14.5. The molecule has 0 spiro atoms. The van der Waals surface area contributed by atoms with Crippen LogP contribution in [0, 0.1) is 13.8 Å². The lowest BCUT2D eigenvalue weighted by atomic mass is 10.1. The SMILES string of the molecule is COC(=O)c1ccccc1C(=O)N(CCN1CCOCC1)c1nc2cc(C)cc(C)c2s1. The number of aromatic nitrogens is 1. The molecule has 2 heterocycles. The third kappa shape index (κ3) is 4.67. The first-order valence-corrected chi connectivity index (χ1v) is 11.5. The quantitative estimate of drug-likeness (QED) is 0.530. The number of carbonyl (C=O) groups excluding carboxylic acids is 2. The van der Waals surface area contributed by atoms with Gasteiger partial charge in [-0.2, -0.15) is 0 Å². The minimum absolute atomic E-state index is 0.254. The number of carbonyl (C=O) groups is 2. The van der Waals surface area contributed by atoms with Gasteiger partial charge < -0.3 is 9.47 Å². The van der Waals surface area contributed by atoms with Crippen LogP contribution in [-0.4, -0.2) is 68.3 Å². The molecule has 0 radical (unpaired) electrons. The molecule has 0 atom stereocenters. The van der Waals surface area contributed by atoms with E-state index in [1.165, 1.54) is 18.4 Å². The number of nitrogens with zero attached hydrogens (tertiary/aromatic N) is 3. The summed E-state index contributed by atoms with van der Waals surface area (Å²) in [7, 11) is 1.32. The lowest BCUT2D eigenvalue weighted by molar-refractivity contribution is 0.0390. The van der Waals surface area contributed by atoms with Gasteiger partial charge in [-0.15, -0.1) is 0 Å². The number of benzene rings is 2. The maximum absolute atomic E-state index is 13.7. The van der Waals surface area contributed by atoms with E-state index in [1.807, 2.05) is 13.0 Å². The van der Waals surface area contributed by atoms with Crippen molar-refractivity contribution in [3.63, 3.8) is 0 Å². The summed E-state index contributed by atoms with van der Waals surface area (Å²) in [5.41, 5.74) is 3.72. The van der Waals surface area contributed by atoms with Crippen LogP contribution in [0.5, 0.6) is 0 Å². The fourth-order valence-corrected chi connectivity index (χ4v) is 4.97. The molecule has 0 saturated carbocycles. The number of morpholine rings is 1. The first-order valence-electron chi connectivity index (χ1n) is 10.6. The van der Waals surface area contributed by atoms with Crippen LogP contribution < -0.4 is 4.90 Å². The van der Waals surface area contributed by atoms with Crippen LogP contribution >= 0.6 is 11.3 Å². The number of fused-ring (bicyclic) bond motifs is 1. The molecule has 2 aromatic carbocycles. The van der Waals surface area contributed by atoms with Crippen LogP contribution in [0.2, 0.25) is 0 Å². The summed E-state index contributed by atoms with van der Waals surface area (Å²) in [5, 5.41) is 0.631. The number of rotatable bonds is 6. The van der Waals surface area contributed by atoms with Crippen molar-refractivity contribution in [2.75, 3.05) is 51.4 Å². The molecule has 168 valence electrons. The fourth-order valence-electron chi connectivity index (χ4n) is 3.93. The molecule has 0 unspecified atom stereocenters. The third-order valence-electron chi connectivity index (χ3n) is 5.59. The molecule has 0 aliphatic carbocycles. The number of aryl methyl sites for hydroxylation is 2. The number of amides is 1. The van der Waals surface area contributed by atoms with Gasteiger partial charge in [0.05, 0.1) is 41.7 Å². The molecule has 4 rings (SSSR count). The predicted octanol–water partition coefficient (Wildman–Crippen LogP) is 3.68. The van der Waals surface area contributed by atoms with Gasteiger partial charge in [0.2, 0.25) is 0 Å². The first kappa shape index (κ1) is 22.4. The summed E-state index contributed by atoms with van der Waals surface area (Å²) >= 11 is 1.50. The molecule has 1 fully saturated rings. The summed E-state index contributed by atoms with van der Waals surface area (Å²) in [5.74, 6) is -0.787. The highest BCUT2D eigenvalue weighted by molar-refractivity contribution is 7.22. The molecular weight excluding hydrogens is 426 g/mol. The molecule has 8 heteroatoms. The van der Waals surface area contributed by atoms with Crippen LogP contribution in [0.15, 0.2) is 36.4 Å². The van der Waals surface area contributed by atoms with Gasteiger partial charge in [0.25, 0.3) is 5.91 Å². The van der Waals surface area contributed by atoms with Crippen molar-refractivity contribution in [1.29, 1.82) is 0 Å². The Hall–Kier alpha value is -2.81. The molecule has 32 heavy (non-hydrogen) atoms. The van der Waals surface area contributed by atoms with Gasteiger partial charge in [-0.05, 0) is 43.2 Å². The molecule has 1 aliphatic heterocycles. The van der Waals surface area contributed by atoms with Crippen molar-refractivity contribution >= 4 is 38.6 Å². The predicted molar refractivity (Wildman–Crippen MR) is 126 cm³/mol. The Bertz CT molecular complexity index is 1140. The Balaban J connectivity index is 1.72. The molecule has 0 N–H and O–H groups in total. The van der Waals surface area contributed by atoms with Crippen molar-refractivity contribution in [3.8, 4) is 0 Å². The lowest BCUT2D eigenvalue weighted by Crippen LogP contribution is -2.43. The molecule has 1 aromatic heterocycles. The van der Waals surface area contributed by atoms with E-state index in [9.17, 15) is 9.59 Å². The Kier molecular flexibility index (Phi) is 6.83. The second kappa shape index (κ2) is 9.77. The number of hydrogen-bond acceptors (Lipinski definition) is 7. The standard InChI is InChI=1S/C24H27N3O4S/c1-16-14-17(2)21-20(15-16)25-24(32-21)27(9-8-26-10-12-31-13-11-26)22(28)18-6-4-5-7-19(18)23(29)30-3/h4-7,14-15H,8-13H2,1-3H3. The lowest BCUT2D eigenvalue weighted by Gasteiger charge is -2.29. The van der Waals surface area contributed by atoms with Gasteiger partial charge in [-0.1, -0.05) is 29.5 Å². The van der Waals surface area contributed by atoms with E-state index in [2.05, 4.69) is 17.9 Å². The maximum Gasteiger partial charge on any atom is 0.338 e. The highest BCUT2D eigenvalue weighted by atomic mass is 32.1. The van der Waals surface area contributed by atoms with Crippen molar-refractivity contribution < 1.29 is 19.1 Å². The van der Waals surface area contributed by atoms with Crippen molar-refractivity contribution in [1.82, 2.24) is 9.88 Å². The number of anilines is 1. The number of hydrogen-bond donors (Lipinski definition) is 0. The zero-order valence-electron chi connectivity index (χ0n) is 18.6. The molecule has 3 aromatic rings. The smallest absolute Gasteiger partial charge is 0.338 e. The van der Waals surface area contributed by atoms with Gasteiger partial charge in [-0.25, -0.2) is 9.78 Å². The Morgan fingerprint density at radius 1 is 1.16 bits per heavy atom. The van der Waals surface area contributed by atoms with Crippen molar-refractivity contribution in [3.05, 3.63) is 58.7 Å². The Labute approximate surface area is 191 Å². The highest BCUT2D eigenvalue weighted by Crippen LogP contribution is 2.33. The average molecular weight is 454 g/mol. The van der Waals surface area contributed by atoms with E-state index in [0.29, 0.717) is 37.0 Å². The molecule has 0 bridgehead atoms. The van der Waals surface area contributed by atoms with E-state index in [0.717, 1.165) is 34.4 Å². The van der Waals surface area contributed by atoms with E-state index in [4.69, 9.17) is 14.5 Å². The zero-order valence-corrected chi connectivity index (χ0v) is 19.4. The monoisotopic (exact) mass is 453 g/mol. The minimum Gasteiger partial charge on any atom is -0.465 e. The fraction of sp³-hybridized carbons (Fsp3) is 0.375. The summed E-state index contributed by atoms with van der Waals surface area (Å²) in [6.45, 7) is 8.31. The van der Waals surface area contributed by atoms with Crippen LogP contribution in [0.3, 0.4) is 0 Å². The topological polar surface area (TPSA) is 72.0 Å². The van der Waals surface area contributed by atoms with Crippen LogP contribution in [-0.2, 0) is 9.47 Å². The van der Waals surface area contributed by atoms with Gasteiger partial charge in [0.15, 0.2) is 5.13 Å². The number of ether oxygens (including phenoxy) is 2. The summed E-state index contributed by atoms with van der Waals surface area (Å²) < 4.78 is 11.4. The summed E-state index contributed by atoms with van der Waals surface area (Å²) in [4.78, 5) is 34.8. The third-order valence-corrected chi connectivity index (χ3v) is 6.82. The van der Waals surface area contributed by atoms with Gasteiger partial charge in [0.1, 0.15) is 0 Å². The van der Waals surface area contributed by atoms with Gasteiger partial charge >= 0.3 is 5.97 Å². The van der Waals surface area contributed by atoms with E-state index in [-0.39, 0.29) is 11.5 Å². The Morgan fingerprint density at radius 2 is 1.88 bits per heavy atom. The molecule has 1 amide bonds.